The van der Waals surface area contributed by atoms with E-state index in [4.69, 9.17) is 0 Å². The fourth-order valence-electron chi connectivity index (χ4n) is 2.13. The Hall–Kier alpha value is -0.300. The van der Waals surface area contributed by atoms with Crippen LogP contribution < -0.4 is 5.32 Å². The first-order valence-corrected chi connectivity index (χ1v) is 4.30. The van der Waals surface area contributed by atoms with Crippen molar-refractivity contribution < 1.29 is 0 Å². The molecule has 2 aliphatic rings. The molecule has 1 spiro atoms. The molecule has 0 aromatic carbocycles. The van der Waals surface area contributed by atoms with Crippen LogP contribution in [0.2, 0.25) is 0 Å². The topological polar surface area (TPSA) is 12.0 Å². The number of piperidine rings is 1. The van der Waals surface area contributed by atoms with E-state index in [2.05, 4.69) is 17.5 Å². The van der Waals surface area contributed by atoms with Crippen molar-refractivity contribution in [2.24, 2.45) is 5.41 Å². The predicted octanol–water partition coefficient (Wildman–Crippen LogP) is 1.71. The molecule has 1 fully saturated rings. The largest absolute Gasteiger partial charge is 0.316 e. The van der Waals surface area contributed by atoms with Crippen molar-refractivity contribution in [1.29, 1.82) is 0 Å². The molecule has 0 bridgehead atoms. The molecule has 0 aromatic rings. The van der Waals surface area contributed by atoms with Crippen LogP contribution in [0.15, 0.2) is 12.2 Å². The van der Waals surface area contributed by atoms with Gasteiger partial charge in [-0.15, -0.1) is 0 Å². The SMILES string of the molecule is C1=CC2(CC1)CCCNC2. The molecule has 0 saturated carbocycles. The molecule has 56 valence electrons. The van der Waals surface area contributed by atoms with Crippen LogP contribution in [0.5, 0.6) is 0 Å². The standard InChI is InChI=1S/C9H15N/c1-2-5-9(4-1)6-3-7-10-8-9/h1,4,10H,2-3,5-8H2. The van der Waals surface area contributed by atoms with Gasteiger partial charge in [0, 0.05) is 12.0 Å². The molecule has 1 heterocycles. The number of nitrogens with one attached hydrogen (secondary N) is 1. The van der Waals surface area contributed by atoms with E-state index in [0.29, 0.717) is 5.41 Å². The minimum Gasteiger partial charge on any atom is -0.316 e. The maximum atomic E-state index is 3.47. The Kier molecular flexibility index (Phi) is 1.53. The van der Waals surface area contributed by atoms with Gasteiger partial charge in [0.25, 0.3) is 0 Å². The summed E-state index contributed by atoms with van der Waals surface area (Å²) in [5.74, 6) is 0. The lowest BCUT2D eigenvalue weighted by Crippen LogP contribution is -2.37. The van der Waals surface area contributed by atoms with Crippen molar-refractivity contribution in [3.63, 3.8) is 0 Å². The number of hydrogen-bond acceptors (Lipinski definition) is 1. The molecule has 2 rings (SSSR count). The zero-order valence-corrected chi connectivity index (χ0v) is 6.40. The van der Waals surface area contributed by atoms with Crippen molar-refractivity contribution in [3.05, 3.63) is 12.2 Å². The van der Waals surface area contributed by atoms with Gasteiger partial charge in [-0.05, 0) is 32.2 Å². The van der Waals surface area contributed by atoms with Gasteiger partial charge in [0.15, 0.2) is 0 Å². The maximum Gasteiger partial charge on any atom is 0.00426 e. The van der Waals surface area contributed by atoms with E-state index in [-0.39, 0.29) is 0 Å². The van der Waals surface area contributed by atoms with Crippen LogP contribution in [0.3, 0.4) is 0 Å². The molecule has 0 aromatic heterocycles. The molecule has 1 atom stereocenters. The summed E-state index contributed by atoms with van der Waals surface area (Å²) in [6.07, 6.45) is 10.2. The maximum absolute atomic E-state index is 3.47. The number of allylic oxidation sites excluding steroid dienone is 1. The molecule has 0 radical (unpaired) electrons. The number of rotatable bonds is 0. The minimum atomic E-state index is 0.582. The molecule has 1 saturated heterocycles. The van der Waals surface area contributed by atoms with E-state index in [1.807, 2.05) is 0 Å². The Morgan fingerprint density at radius 1 is 1.30 bits per heavy atom. The highest BCUT2D eigenvalue weighted by Crippen LogP contribution is 2.37. The first-order valence-electron chi connectivity index (χ1n) is 4.30. The van der Waals surface area contributed by atoms with Gasteiger partial charge in [-0.2, -0.15) is 0 Å². The zero-order chi connectivity index (χ0) is 6.86. The van der Waals surface area contributed by atoms with E-state index >= 15 is 0 Å². The first-order chi connectivity index (χ1) is 4.91. The van der Waals surface area contributed by atoms with Gasteiger partial charge in [0.2, 0.25) is 0 Å². The van der Waals surface area contributed by atoms with Crippen molar-refractivity contribution in [3.8, 4) is 0 Å². The van der Waals surface area contributed by atoms with Crippen LogP contribution in [0, 0.1) is 5.41 Å². The van der Waals surface area contributed by atoms with Gasteiger partial charge in [-0.25, -0.2) is 0 Å². The second kappa shape index (κ2) is 2.39. The van der Waals surface area contributed by atoms with E-state index in [9.17, 15) is 0 Å². The molecule has 1 aliphatic heterocycles. The summed E-state index contributed by atoms with van der Waals surface area (Å²) in [7, 11) is 0. The summed E-state index contributed by atoms with van der Waals surface area (Å²) in [4.78, 5) is 0. The molecule has 1 unspecified atom stereocenters. The Bertz CT molecular complexity index is 143. The Balaban J connectivity index is 2.05. The average molecular weight is 137 g/mol. The average Bonchev–Trinajstić information content (AvgIpc) is 2.39. The Morgan fingerprint density at radius 2 is 2.30 bits per heavy atom. The predicted molar refractivity (Wildman–Crippen MR) is 42.9 cm³/mol. The van der Waals surface area contributed by atoms with Crippen LogP contribution in [-0.2, 0) is 0 Å². The van der Waals surface area contributed by atoms with Crippen molar-refractivity contribution >= 4 is 0 Å². The third kappa shape index (κ3) is 0.988. The fraction of sp³-hybridized carbons (Fsp3) is 0.778. The van der Waals surface area contributed by atoms with Gasteiger partial charge in [0.1, 0.15) is 0 Å². The van der Waals surface area contributed by atoms with Crippen molar-refractivity contribution in [2.45, 2.75) is 25.7 Å². The van der Waals surface area contributed by atoms with Crippen molar-refractivity contribution in [2.75, 3.05) is 13.1 Å². The molecule has 0 amide bonds. The second-order valence-corrected chi connectivity index (χ2v) is 3.58. The van der Waals surface area contributed by atoms with Gasteiger partial charge >= 0.3 is 0 Å². The second-order valence-electron chi connectivity index (χ2n) is 3.58. The van der Waals surface area contributed by atoms with Gasteiger partial charge in [0.05, 0.1) is 0 Å². The van der Waals surface area contributed by atoms with Gasteiger partial charge < -0.3 is 5.32 Å². The van der Waals surface area contributed by atoms with Crippen LogP contribution in [-0.4, -0.2) is 13.1 Å². The lowest BCUT2D eigenvalue weighted by molar-refractivity contribution is 0.274. The third-order valence-electron chi connectivity index (χ3n) is 2.79. The highest BCUT2D eigenvalue weighted by Gasteiger charge is 2.30. The Morgan fingerprint density at radius 3 is 2.90 bits per heavy atom. The Labute approximate surface area is 62.5 Å². The smallest absolute Gasteiger partial charge is 0.00426 e. The highest BCUT2D eigenvalue weighted by atomic mass is 14.9. The minimum absolute atomic E-state index is 0.582. The molecule has 1 aliphatic carbocycles. The van der Waals surface area contributed by atoms with Crippen LogP contribution in [0.1, 0.15) is 25.7 Å². The van der Waals surface area contributed by atoms with E-state index in [1.165, 1.54) is 38.8 Å². The van der Waals surface area contributed by atoms with Crippen LogP contribution in [0.25, 0.3) is 0 Å². The lowest BCUT2D eigenvalue weighted by Gasteiger charge is -2.32. The molecule has 1 nitrogen and oxygen atoms in total. The molecular weight excluding hydrogens is 122 g/mol. The summed E-state index contributed by atoms with van der Waals surface area (Å²) in [5, 5.41) is 3.47. The van der Waals surface area contributed by atoms with E-state index in [0.717, 1.165) is 0 Å². The summed E-state index contributed by atoms with van der Waals surface area (Å²) in [6, 6.07) is 0. The third-order valence-corrected chi connectivity index (χ3v) is 2.79. The van der Waals surface area contributed by atoms with Crippen molar-refractivity contribution in [1.82, 2.24) is 5.32 Å². The molecular formula is C9H15N. The van der Waals surface area contributed by atoms with Crippen LogP contribution >= 0.6 is 0 Å². The van der Waals surface area contributed by atoms with Gasteiger partial charge in [-0.3, -0.25) is 0 Å². The van der Waals surface area contributed by atoms with E-state index < -0.39 is 0 Å². The van der Waals surface area contributed by atoms with E-state index in [1.54, 1.807) is 0 Å². The monoisotopic (exact) mass is 137 g/mol. The number of hydrogen-bond donors (Lipinski definition) is 1. The summed E-state index contributed by atoms with van der Waals surface area (Å²) >= 11 is 0. The summed E-state index contributed by atoms with van der Waals surface area (Å²) < 4.78 is 0. The quantitative estimate of drug-likeness (QED) is 0.501. The highest BCUT2D eigenvalue weighted by molar-refractivity contribution is 5.08. The zero-order valence-electron chi connectivity index (χ0n) is 6.40. The lowest BCUT2D eigenvalue weighted by atomic mass is 9.80. The van der Waals surface area contributed by atoms with Gasteiger partial charge in [-0.1, -0.05) is 12.2 Å². The fourth-order valence-corrected chi connectivity index (χ4v) is 2.13. The summed E-state index contributed by atoms with van der Waals surface area (Å²) in [5.41, 5.74) is 0.582. The molecule has 1 heteroatoms. The molecule has 1 N–H and O–H groups in total. The summed E-state index contributed by atoms with van der Waals surface area (Å²) in [6.45, 7) is 2.46. The van der Waals surface area contributed by atoms with Crippen LogP contribution in [0.4, 0.5) is 0 Å². The first kappa shape index (κ1) is 6.41. The molecule has 10 heavy (non-hydrogen) atoms. The normalized spacial score (nSPS) is 39.2.